The smallest absolute Gasteiger partial charge is 0.322 e. The number of aryl methyl sites for hydroxylation is 3. The summed E-state index contributed by atoms with van der Waals surface area (Å²) in [7, 11) is 0. The Bertz CT molecular complexity index is 1140. The molecule has 0 saturated heterocycles. The summed E-state index contributed by atoms with van der Waals surface area (Å²) >= 11 is 1.60. The van der Waals surface area contributed by atoms with Crippen LogP contribution >= 0.6 is 11.3 Å². The van der Waals surface area contributed by atoms with Crippen LogP contribution in [0.2, 0.25) is 0 Å². The number of hydrogen-bond donors (Lipinski definition) is 1. The summed E-state index contributed by atoms with van der Waals surface area (Å²) in [6.45, 7) is 10.5. The lowest BCUT2D eigenvalue weighted by atomic mass is 10.1. The van der Waals surface area contributed by atoms with Gasteiger partial charge in [0.25, 0.3) is 0 Å². The first-order chi connectivity index (χ1) is 16.1. The van der Waals surface area contributed by atoms with Gasteiger partial charge in [-0.2, -0.15) is 0 Å². The molecule has 0 fully saturated rings. The van der Waals surface area contributed by atoms with Gasteiger partial charge in [0, 0.05) is 23.2 Å². The molecule has 0 radical (unpaired) electrons. The van der Waals surface area contributed by atoms with Gasteiger partial charge in [0.15, 0.2) is 0 Å². The first-order valence-electron chi connectivity index (χ1n) is 11.3. The number of urea groups is 1. The maximum absolute atomic E-state index is 13.5. The Morgan fingerprint density at radius 3 is 2.26 bits per heavy atom. The Morgan fingerprint density at radius 1 is 0.971 bits per heavy atom. The van der Waals surface area contributed by atoms with E-state index in [1.807, 2.05) is 64.3 Å². The van der Waals surface area contributed by atoms with Crippen LogP contribution in [-0.4, -0.2) is 34.3 Å². The SMILES string of the molecule is Cc1ccc(NC(=O)N(CC(=O)N(Cc2ccc(F)cc2)Cc2sccc2C)C(C)C)c(C)c1. The molecule has 3 amide bonds. The highest BCUT2D eigenvalue weighted by molar-refractivity contribution is 7.10. The summed E-state index contributed by atoms with van der Waals surface area (Å²) in [6.07, 6.45) is 0. The Hall–Kier alpha value is -3.19. The predicted octanol–water partition coefficient (Wildman–Crippen LogP) is 6.28. The molecular formula is C27H32FN3O2S. The molecule has 7 heteroatoms. The van der Waals surface area contributed by atoms with Crippen molar-refractivity contribution in [2.24, 2.45) is 0 Å². The van der Waals surface area contributed by atoms with Crippen molar-refractivity contribution in [2.75, 3.05) is 11.9 Å². The van der Waals surface area contributed by atoms with Crippen molar-refractivity contribution in [3.63, 3.8) is 0 Å². The van der Waals surface area contributed by atoms with Gasteiger partial charge in [-0.3, -0.25) is 4.79 Å². The lowest BCUT2D eigenvalue weighted by Crippen LogP contribution is -2.47. The van der Waals surface area contributed by atoms with Gasteiger partial charge in [-0.05, 0) is 81.0 Å². The first kappa shape index (κ1) is 25.4. The number of carbonyl (C=O) groups excluding carboxylic acids is 2. The van der Waals surface area contributed by atoms with E-state index in [1.54, 1.807) is 33.3 Å². The van der Waals surface area contributed by atoms with Gasteiger partial charge in [-0.25, -0.2) is 9.18 Å². The van der Waals surface area contributed by atoms with Crippen molar-refractivity contribution in [1.29, 1.82) is 0 Å². The van der Waals surface area contributed by atoms with Gasteiger partial charge in [0.05, 0.1) is 6.54 Å². The number of benzene rings is 2. The molecule has 1 N–H and O–H groups in total. The molecule has 2 aromatic carbocycles. The standard InChI is InChI=1S/C27H32FN3O2S/c1-18(2)31(27(33)29-24-11-6-19(3)14-21(24)5)17-26(32)30(16-25-20(4)12-13-34-25)15-22-7-9-23(28)10-8-22/h6-14,18H,15-17H2,1-5H3,(H,29,33). The topological polar surface area (TPSA) is 52.7 Å². The minimum atomic E-state index is -0.315. The number of carbonyl (C=O) groups is 2. The normalized spacial score (nSPS) is 10.9. The molecule has 3 aromatic rings. The van der Waals surface area contributed by atoms with Crippen molar-refractivity contribution in [2.45, 2.75) is 53.8 Å². The number of hydrogen-bond acceptors (Lipinski definition) is 3. The maximum atomic E-state index is 13.5. The van der Waals surface area contributed by atoms with Crippen LogP contribution in [0.15, 0.2) is 53.9 Å². The minimum absolute atomic E-state index is 0.0555. The molecule has 1 heterocycles. The zero-order valence-corrected chi connectivity index (χ0v) is 21.2. The number of halogens is 1. The highest BCUT2D eigenvalue weighted by Gasteiger charge is 2.25. The van der Waals surface area contributed by atoms with E-state index in [9.17, 15) is 14.0 Å². The van der Waals surface area contributed by atoms with E-state index >= 15 is 0 Å². The Kier molecular flexibility index (Phi) is 8.45. The zero-order chi connectivity index (χ0) is 24.8. The molecule has 180 valence electrons. The summed E-state index contributed by atoms with van der Waals surface area (Å²) in [5.74, 6) is -0.480. The van der Waals surface area contributed by atoms with Crippen molar-refractivity contribution < 1.29 is 14.0 Å². The summed E-state index contributed by atoms with van der Waals surface area (Å²) in [6, 6.07) is 13.5. The van der Waals surface area contributed by atoms with Crippen molar-refractivity contribution in [3.05, 3.63) is 86.9 Å². The van der Waals surface area contributed by atoms with Gasteiger partial charge < -0.3 is 15.1 Å². The second-order valence-corrected chi connectivity index (χ2v) is 9.87. The third-order valence-electron chi connectivity index (χ3n) is 5.76. The van der Waals surface area contributed by atoms with E-state index in [-0.39, 0.29) is 30.3 Å². The average molecular weight is 482 g/mol. The van der Waals surface area contributed by atoms with Crippen molar-refractivity contribution >= 4 is 29.0 Å². The molecule has 1 aromatic heterocycles. The molecule has 0 spiro atoms. The molecule has 3 rings (SSSR count). The van der Waals surface area contributed by atoms with E-state index in [0.29, 0.717) is 13.1 Å². The highest BCUT2D eigenvalue weighted by atomic mass is 32.1. The van der Waals surface area contributed by atoms with Crippen LogP contribution in [0.4, 0.5) is 14.9 Å². The maximum Gasteiger partial charge on any atom is 0.322 e. The summed E-state index contributed by atoms with van der Waals surface area (Å²) < 4.78 is 13.4. The van der Waals surface area contributed by atoms with Gasteiger partial charge in [0.1, 0.15) is 12.4 Å². The van der Waals surface area contributed by atoms with Crippen LogP contribution in [0.1, 0.15) is 41.0 Å². The molecule has 0 bridgehead atoms. The second-order valence-electron chi connectivity index (χ2n) is 8.87. The Balaban J connectivity index is 1.78. The third-order valence-corrected chi connectivity index (χ3v) is 6.76. The van der Waals surface area contributed by atoms with Crippen LogP contribution in [0.3, 0.4) is 0 Å². The molecule has 0 atom stereocenters. The van der Waals surface area contributed by atoms with E-state index in [2.05, 4.69) is 5.32 Å². The summed E-state index contributed by atoms with van der Waals surface area (Å²) in [5.41, 5.74) is 4.77. The van der Waals surface area contributed by atoms with E-state index in [0.717, 1.165) is 32.8 Å². The molecule has 0 aliphatic heterocycles. The summed E-state index contributed by atoms with van der Waals surface area (Å²) in [5, 5.41) is 4.95. The predicted molar refractivity (Wildman–Crippen MR) is 136 cm³/mol. The van der Waals surface area contributed by atoms with Gasteiger partial charge in [0.2, 0.25) is 5.91 Å². The zero-order valence-electron chi connectivity index (χ0n) is 20.4. The average Bonchev–Trinajstić information content (AvgIpc) is 3.18. The number of nitrogens with one attached hydrogen (secondary N) is 1. The van der Waals surface area contributed by atoms with Crippen LogP contribution in [0.25, 0.3) is 0 Å². The fourth-order valence-corrected chi connectivity index (χ4v) is 4.58. The molecule has 0 aliphatic carbocycles. The molecule has 0 unspecified atom stereocenters. The number of nitrogens with zero attached hydrogens (tertiary/aromatic N) is 2. The molecule has 0 saturated carbocycles. The Morgan fingerprint density at radius 2 is 1.68 bits per heavy atom. The van der Waals surface area contributed by atoms with E-state index in [4.69, 9.17) is 0 Å². The van der Waals surface area contributed by atoms with Crippen molar-refractivity contribution in [3.8, 4) is 0 Å². The van der Waals surface area contributed by atoms with Crippen LogP contribution in [0.5, 0.6) is 0 Å². The monoisotopic (exact) mass is 481 g/mol. The fourth-order valence-electron chi connectivity index (χ4n) is 3.66. The first-order valence-corrected chi connectivity index (χ1v) is 12.2. The number of rotatable bonds is 8. The molecule has 0 aliphatic rings. The van der Waals surface area contributed by atoms with E-state index in [1.165, 1.54) is 12.1 Å². The number of anilines is 1. The fraction of sp³-hybridized carbons (Fsp3) is 0.333. The Labute approximate surface area is 205 Å². The number of amides is 3. The molecule has 5 nitrogen and oxygen atoms in total. The quantitative estimate of drug-likeness (QED) is 0.411. The molecule has 34 heavy (non-hydrogen) atoms. The van der Waals surface area contributed by atoms with Gasteiger partial charge >= 0.3 is 6.03 Å². The molecular weight excluding hydrogens is 449 g/mol. The second kappa shape index (κ2) is 11.3. The van der Waals surface area contributed by atoms with Gasteiger partial charge in [-0.15, -0.1) is 11.3 Å². The minimum Gasteiger partial charge on any atom is -0.332 e. The summed E-state index contributed by atoms with van der Waals surface area (Å²) in [4.78, 5) is 31.0. The lowest BCUT2D eigenvalue weighted by Gasteiger charge is -2.30. The lowest BCUT2D eigenvalue weighted by molar-refractivity contribution is -0.133. The van der Waals surface area contributed by atoms with Crippen LogP contribution in [-0.2, 0) is 17.9 Å². The largest absolute Gasteiger partial charge is 0.332 e. The highest BCUT2D eigenvalue weighted by Crippen LogP contribution is 2.21. The van der Waals surface area contributed by atoms with Crippen molar-refractivity contribution in [1.82, 2.24) is 9.80 Å². The number of thiophene rings is 1. The van der Waals surface area contributed by atoms with Crippen LogP contribution < -0.4 is 5.32 Å². The van der Waals surface area contributed by atoms with E-state index < -0.39 is 0 Å². The van der Waals surface area contributed by atoms with Gasteiger partial charge in [-0.1, -0.05) is 29.8 Å². The third kappa shape index (κ3) is 6.67. The van der Waals surface area contributed by atoms with Crippen LogP contribution in [0, 0.1) is 26.6 Å².